The zero-order valence-corrected chi connectivity index (χ0v) is 9.58. The predicted octanol–water partition coefficient (Wildman–Crippen LogP) is 2.12. The van der Waals surface area contributed by atoms with Crippen LogP contribution in [0.25, 0.3) is 0 Å². The molecule has 1 aromatic rings. The van der Waals surface area contributed by atoms with E-state index in [9.17, 15) is 4.79 Å². The molecule has 3 nitrogen and oxygen atoms in total. The minimum atomic E-state index is -0.210. The second-order valence-corrected chi connectivity index (χ2v) is 4.57. The fourth-order valence-electron chi connectivity index (χ4n) is 2.73. The first-order chi connectivity index (χ1) is 8.31. The molecule has 88 valence electrons. The van der Waals surface area contributed by atoms with Gasteiger partial charge in [-0.15, -0.1) is 6.58 Å². The molecule has 2 heterocycles. The van der Waals surface area contributed by atoms with Crippen molar-refractivity contribution in [2.75, 3.05) is 6.61 Å². The third-order valence-corrected chi connectivity index (χ3v) is 3.61. The number of nitrogens with zero attached hydrogens (tertiary/aromatic N) is 1. The van der Waals surface area contributed by atoms with Crippen molar-refractivity contribution < 1.29 is 9.53 Å². The van der Waals surface area contributed by atoms with E-state index in [0.29, 0.717) is 13.0 Å². The number of ether oxygens (including phenoxy) is 1. The van der Waals surface area contributed by atoms with E-state index in [1.165, 1.54) is 0 Å². The van der Waals surface area contributed by atoms with Gasteiger partial charge in [-0.25, -0.2) is 0 Å². The van der Waals surface area contributed by atoms with Gasteiger partial charge >= 0.3 is 0 Å². The van der Waals surface area contributed by atoms with Crippen LogP contribution in [0.3, 0.4) is 0 Å². The third kappa shape index (κ3) is 1.58. The van der Waals surface area contributed by atoms with Crippen LogP contribution in [-0.4, -0.2) is 23.5 Å². The third-order valence-electron chi connectivity index (χ3n) is 3.61. The SMILES string of the molecule is C=CC1CC(=O)N2C(c3ccccc3)OCC12. The average Bonchev–Trinajstić information content (AvgIpc) is 2.92. The monoisotopic (exact) mass is 229 g/mol. The highest BCUT2D eigenvalue weighted by Gasteiger charge is 2.47. The van der Waals surface area contributed by atoms with E-state index in [2.05, 4.69) is 6.58 Å². The van der Waals surface area contributed by atoms with Gasteiger partial charge in [-0.2, -0.15) is 0 Å². The van der Waals surface area contributed by atoms with Gasteiger partial charge in [-0.1, -0.05) is 36.4 Å². The summed E-state index contributed by atoms with van der Waals surface area (Å²) in [4.78, 5) is 13.9. The molecule has 0 spiro atoms. The van der Waals surface area contributed by atoms with E-state index in [0.717, 1.165) is 5.56 Å². The Morgan fingerprint density at radius 1 is 1.35 bits per heavy atom. The molecule has 0 saturated carbocycles. The van der Waals surface area contributed by atoms with Crippen molar-refractivity contribution in [3.05, 3.63) is 48.6 Å². The standard InChI is InChI=1S/C14H15NO2/c1-2-10-8-13(16)15-12(10)9-17-14(15)11-6-4-3-5-7-11/h2-7,10,12,14H,1,8-9H2. The molecule has 1 aromatic carbocycles. The normalized spacial score (nSPS) is 31.6. The van der Waals surface area contributed by atoms with E-state index in [-0.39, 0.29) is 24.1 Å². The maximum Gasteiger partial charge on any atom is 0.225 e. The van der Waals surface area contributed by atoms with Crippen molar-refractivity contribution in [2.45, 2.75) is 18.7 Å². The summed E-state index contributed by atoms with van der Waals surface area (Å²) in [6.45, 7) is 4.41. The molecular formula is C14H15NO2. The Kier molecular flexibility index (Phi) is 2.48. The van der Waals surface area contributed by atoms with E-state index < -0.39 is 0 Å². The first-order valence-electron chi connectivity index (χ1n) is 5.91. The Labute approximate surface area is 101 Å². The lowest BCUT2D eigenvalue weighted by molar-refractivity contribution is -0.134. The summed E-state index contributed by atoms with van der Waals surface area (Å²) in [7, 11) is 0. The smallest absolute Gasteiger partial charge is 0.225 e. The fourth-order valence-corrected chi connectivity index (χ4v) is 2.73. The van der Waals surface area contributed by atoms with Crippen LogP contribution < -0.4 is 0 Å². The summed E-state index contributed by atoms with van der Waals surface area (Å²) < 4.78 is 5.77. The summed E-state index contributed by atoms with van der Waals surface area (Å²) in [5.74, 6) is 0.405. The van der Waals surface area contributed by atoms with E-state index in [4.69, 9.17) is 4.74 Å². The second-order valence-electron chi connectivity index (χ2n) is 4.57. The van der Waals surface area contributed by atoms with Gasteiger partial charge in [0.1, 0.15) is 0 Å². The van der Waals surface area contributed by atoms with E-state index >= 15 is 0 Å². The van der Waals surface area contributed by atoms with Gasteiger partial charge in [-0.3, -0.25) is 4.79 Å². The Hall–Kier alpha value is -1.61. The largest absolute Gasteiger partial charge is 0.352 e. The van der Waals surface area contributed by atoms with Gasteiger partial charge in [0.15, 0.2) is 6.23 Å². The van der Waals surface area contributed by atoms with Crippen LogP contribution in [0.5, 0.6) is 0 Å². The van der Waals surface area contributed by atoms with E-state index in [1.54, 1.807) is 0 Å². The molecule has 0 radical (unpaired) electrons. The maximum atomic E-state index is 12.0. The van der Waals surface area contributed by atoms with Crippen molar-refractivity contribution in [3.8, 4) is 0 Å². The van der Waals surface area contributed by atoms with Crippen LogP contribution in [0.1, 0.15) is 18.2 Å². The molecule has 2 saturated heterocycles. The van der Waals surface area contributed by atoms with Gasteiger partial charge in [0.25, 0.3) is 0 Å². The minimum Gasteiger partial charge on any atom is -0.352 e. The van der Waals surface area contributed by atoms with Gasteiger partial charge in [0.2, 0.25) is 5.91 Å². The molecular weight excluding hydrogens is 214 g/mol. The van der Waals surface area contributed by atoms with Crippen molar-refractivity contribution in [3.63, 3.8) is 0 Å². The molecule has 3 atom stereocenters. The minimum absolute atomic E-state index is 0.171. The average molecular weight is 229 g/mol. The number of carbonyl (C=O) groups is 1. The first-order valence-corrected chi connectivity index (χ1v) is 5.91. The molecule has 0 bridgehead atoms. The molecule has 0 N–H and O–H groups in total. The summed E-state index contributed by atoms with van der Waals surface area (Å²) in [5, 5.41) is 0. The lowest BCUT2D eigenvalue weighted by Gasteiger charge is -2.23. The Bertz CT molecular complexity index is 443. The lowest BCUT2D eigenvalue weighted by Crippen LogP contribution is -2.32. The highest BCUT2D eigenvalue weighted by molar-refractivity contribution is 5.80. The molecule has 1 amide bonds. The molecule has 2 aliphatic heterocycles. The van der Waals surface area contributed by atoms with Crippen molar-refractivity contribution >= 4 is 5.91 Å². The summed E-state index contributed by atoms with van der Waals surface area (Å²) in [5.41, 5.74) is 1.05. The number of hydrogen-bond donors (Lipinski definition) is 0. The first kappa shape index (κ1) is 10.5. The predicted molar refractivity (Wildman–Crippen MR) is 64.1 cm³/mol. The number of fused-ring (bicyclic) bond motifs is 1. The molecule has 2 aliphatic rings. The van der Waals surface area contributed by atoms with Gasteiger partial charge in [0.05, 0.1) is 12.6 Å². The number of benzene rings is 1. The maximum absolute atomic E-state index is 12.0. The zero-order valence-electron chi connectivity index (χ0n) is 9.58. The van der Waals surface area contributed by atoms with E-state index in [1.807, 2.05) is 41.3 Å². The number of hydrogen-bond acceptors (Lipinski definition) is 2. The van der Waals surface area contributed by atoms with Crippen molar-refractivity contribution in [1.29, 1.82) is 0 Å². The molecule has 17 heavy (non-hydrogen) atoms. The highest BCUT2D eigenvalue weighted by atomic mass is 16.5. The molecule has 3 heteroatoms. The summed E-state index contributed by atoms with van der Waals surface area (Å²) in [6, 6.07) is 10.1. The number of carbonyl (C=O) groups excluding carboxylic acids is 1. The Balaban J connectivity index is 1.91. The Morgan fingerprint density at radius 2 is 2.12 bits per heavy atom. The van der Waals surface area contributed by atoms with Crippen LogP contribution in [0.2, 0.25) is 0 Å². The zero-order chi connectivity index (χ0) is 11.8. The van der Waals surface area contributed by atoms with Crippen LogP contribution in [-0.2, 0) is 9.53 Å². The topological polar surface area (TPSA) is 29.5 Å². The molecule has 0 aliphatic carbocycles. The van der Waals surface area contributed by atoms with Gasteiger partial charge in [-0.05, 0) is 0 Å². The molecule has 2 fully saturated rings. The summed E-state index contributed by atoms with van der Waals surface area (Å²) in [6.07, 6.45) is 2.24. The number of rotatable bonds is 2. The molecule has 3 unspecified atom stereocenters. The summed E-state index contributed by atoms with van der Waals surface area (Å²) >= 11 is 0. The highest BCUT2D eigenvalue weighted by Crippen LogP contribution is 2.40. The Morgan fingerprint density at radius 3 is 2.82 bits per heavy atom. The molecule has 0 aromatic heterocycles. The van der Waals surface area contributed by atoms with Crippen LogP contribution in [0.15, 0.2) is 43.0 Å². The van der Waals surface area contributed by atoms with Crippen molar-refractivity contribution in [1.82, 2.24) is 4.90 Å². The van der Waals surface area contributed by atoms with Gasteiger partial charge < -0.3 is 9.64 Å². The fraction of sp³-hybridized carbons (Fsp3) is 0.357. The lowest BCUT2D eigenvalue weighted by atomic mass is 10.0. The van der Waals surface area contributed by atoms with Crippen molar-refractivity contribution in [2.24, 2.45) is 5.92 Å². The quantitative estimate of drug-likeness (QED) is 0.727. The van der Waals surface area contributed by atoms with Crippen LogP contribution in [0.4, 0.5) is 0 Å². The number of amides is 1. The second kappa shape index (κ2) is 4.00. The van der Waals surface area contributed by atoms with Gasteiger partial charge in [0, 0.05) is 17.9 Å². The van der Waals surface area contributed by atoms with Crippen LogP contribution >= 0.6 is 0 Å². The van der Waals surface area contributed by atoms with Crippen LogP contribution in [0, 0.1) is 5.92 Å². The molecule has 3 rings (SSSR count).